The number of nitrogens with one attached hydrogen (secondary N) is 1. The van der Waals surface area contributed by atoms with Crippen molar-refractivity contribution in [3.05, 3.63) is 0 Å². The highest BCUT2D eigenvalue weighted by molar-refractivity contribution is 14.1. The minimum absolute atomic E-state index is 0.813. The molecule has 5 atom stereocenters. The van der Waals surface area contributed by atoms with Crippen molar-refractivity contribution in [3.63, 3.8) is 0 Å². The van der Waals surface area contributed by atoms with Gasteiger partial charge in [0.2, 0.25) is 0 Å². The molecule has 0 aromatic carbocycles. The van der Waals surface area contributed by atoms with Crippen molar-refractivity contribution in [1.82, 2.24) is 5.32 Å². The lowest BCUT2D eigenvalue weighted by Crippen LogP contribution is -2.57. The van der Waals surface area contributed by atoms with E-state index in [2.05, 4.69) is 57.5 Å². The molecule has 2 saturated carbocycles. The maximum absolute atomic E-state index is 3.46. The second-order valence-corrected chi connectivity index (χ2v) is 7.19. The van der Waals surface area contributed by atoms with E-state index in [1.807, 2.05) is 0 Å². The molecule has 2 rings (SSSR count). The van der Waals surface area contributed by atoms with Crippen LogP contribution in [-0.4, -0.2) is 20.9 Å². The number of hydrogen-bond donors (Lipinski definition) is 1. The molecule has 0 aromatic rings. The van der Waals surface area contributed by atoms with Gasteiger partial charge in [-0.15, -0.1) is 0 Å². The first kappa shape index (κ1) is 9.96. The highest BCUT2D eigenvalue weighted by Gasteiger charge is 2.47. The van der Waals surface area contributed by atoms with Crippen molar-refractivity contribution in [1.29, 1.82) is 0 Å². The Labute approximate surface area is 102 Å². The minimum Gasteiger partial charge on any atom is -0.316 e. The normalized spacial score (nSPS) is 52.8. The number of hydrogen-bond acceptors (Lipinski definition) is 1. The van der Waals surface area contributed by atoms with E-state index in [1.54, 1.807) is 0 Å². The predicted molar refractivity (Wildman–Crippen MR) is 69.3 cm³/mol. The molecule has 1 nitrogen and oxygen atoms in total. The summed E-state index contributed by atoms with van der Waals surface area (Å²) in [5.74, 6) is 2.03. The lowest BCUT2D eigenvalue weighted by atomic mass is 9.64. The van der Waals surface area contributed by atoms with Crippen LogP contribution in [0, 0.1) is 11.8 Å². The van der Waals surface area contributed by atoms with Crippen molar-refractivity contribution in [2.24, 2.45) is 11.8 Å². The molecule has 1 N–H and O–H groups in total. The van der Waals surface area contributed by atoms with Crippen molar-refractivity contribution >= 4 is 45.2 Å². The van der Waals surface area contributed by atoms with Gasteiger partial charge in [0.05, 0.1) is 0 Å². The SMILES string of the molecule is CN[C@H]1C(C2CCC2I)C[C@H]1I. The molecule has 0 bridgehead atoms. The van der Waals surface area contributed by atoms with Gasteiger partial charge >= 0.3 is 0 Å². The Hall–Kier alpha value is 1.42. The minimum atomic E-state index is 0.813. The van der Waals surface area contributed by atoms with Crippen LogP contribution in [0.1, 0.15) is 19.3 Å². The largest absolute Gasteiger partial charge is 0.316 e. The quantitative estimate of drug-likeness (QED) is 0.564. The van der Waals surface area contributed by atoms with Gasteiger partial charge < -0.3 is 5.32 Å². The summed E-state index contributed by atoms with van der Waals surface area (Å²) in [7, 11) is 2.11. The van der Waals surface area contributed by atoms with Crippen molar-refractivity contribution in [3.8, 4) is 0 Å². The Balaban J connectivity index is 1.89. The number of alkyl halides is 2. The third kappa shape index (κ3) is 1.54. The van der Waals surface area contributed by atoms with Crippen molar-refractivity contribution in [2.45, 2.75) is 33.2 Å². The van der Waals surface area contributed by atoms with Gasteiger partial charge in [-0.05, 0) is 38.1 Å². The highest BCUT2D eigenvalue weighted by Crippen LogP contribution is 2.49. The second-order valence-electron chi connectivity index (χ2n) is 3.99. The lowest BCUT2D eigenvalue weighted by molar-refractivity contribution is 0.110. The monoisotopic (exact) mass is 391 g/mol. The molecule has 0 aliphatic heterocycles. The summed E-state index contributed by atoms with van der Waals surface area (Å²) in [6, 6.07) is 0.813. The first-order valence-electron chi connectivity index (χ1n) is 4.69. The Morgan fingerprint density at radius 2 is 1.83 bits per heavy atom. The molecule has 3 unspecified atom stereocenters. The first-order chi connectivity index (χ1) is 5.74. The highest BCUT2D eigenvalue weighted by atomic mass is 127. The first-order valence-corrected chi connectivity index (χ1v) is 7.18. The standard InChI is InChI=1S/C9H15I2N/c1-12-9-6(4-8(9)11)5-2-3-7(5)10/h5-9,12H,2-4H2,1H3/t5?,6?,7?,8-,9+/m1/s1. The molecular weight excluding hydrogens is 376 g/mol. The van der Waals surface area contributed by atoms with Crippen LogP contribution in [-0.2, 0) is 0 Å². The van der Waals surface area contributed by atoms with Crippen LogP contribution in [0.3, 0.4) is 0 Å². The fourth-order valence-electron chi connectivity index (χ4n) is 2.43. The van der Waals surface area contributed by atoms with Gasteiger partial charge in [-0.25, -0.2) is 0 Å². The van der Waals surface area contributed by atoms with Gasteiger partial charge in [0, 0.05) is 13.9 Å². The van der Waals surface area contributed by atoms with Gasteiger partial charge in [-0.3, -0.25) is 0 Å². The zero-order valence-corrected chi connectivity index (χ0v) is 11.6. The van der Waals surface area contributed by atoms with Gasteiger partial charge in [0.1, 0.15) is 0 Å². The fourth-order valence-corrected chi connectivity index (χ4v) is 5.16. The predicted octanol–water partition coefficient (Wildman–Crippen LogP) is 2.61. The van der Waals surface area contributed by atoms with E-state index in [0.717, 1.165) is 25.7 Å². The fraction of sp³-hybridized carbons (Fsp3) is 1.00. The Morgan fingerprint density at radius 1 is 1.08 bits per heavy atom. The van der Waals surface area contributed by atoms with Crippen LogP contribution < -0.4 is 5.32 Å². The van der Waals surface area contributed by atoms with Gasteiger partial charge in [-0.2, -0.15) is 0 Å². The number of rotatable bonds is 2. The third-order valence-electron chi connectivity index (χ3n) is 3.47. The van der Waals surface area contributed by atoms with Crippen LogP contribution in [0.25, 0.3) is 0 Å². The zero-order valence-electron chi connectivity index (χ0n) is 7.26. The molecule has 0 aromatic heterocycles. The zero-order chi connectivity index (χ0) is 8.72. The topological polar surface area (TPSA) is 12.0 Å². The second kappa shape index (κ2) is 3.88. The molecule has 2 fully saturated rings. The molecule has 2 aliphatic carbocycles. The van der Waals surface area contributed by atoms with Crippen LogP contribution >= 0.6 is 45.2 Å². The Bertz CT molecular complexity index is 164. The van der Waals surface area contributed by atoms with Crippen molar-refractivity contribution in [2.75, 3.05) is 7.05 Å². The molecule has 0 spiro atoms. The van der Waals surface area contributed by atoms with Gasteiger partial charge in [-0.1, -0.05) is 45.2 Å². The molecular formula is C9H15I2N. The molecule has 12 heavy (non-hydrogen) atoms. The summed E-state index contributed by atoms with van der Waals surface area (Å²) in [5.41, 5.74) is 0. The lowest BCUT2D eigenvalue weighted by Gasteiger charge is -2.51. The summed E-state index contributed by atoms with van der Waals surface area (Å²) in [6.45, 7) is 0. The summed E-state index contributed by atoms with van der Waals surface area (Å²) < 4.78 is 1.87. The molecule has 0 heterocycles. The molecule has 2 aliphatic rings. The summed E-state index contributed by atoms with van der Waals surface area (Å²) >= 11 is 5.22. The molecule has 0 amide bonds. The molecule has 0 radical (unpaired) electrons. The smallest absolute Gasteiger partial charge is 0.0269 e. The molecule has 3 heteroatoms. The third-order valence-corrected chi connectivity index (χ3v) is 6.30. The van der Waals surface area contributed by atoms with E-state index >= 15 is 0 Å². The Kier molecular flexibility index (Phi) is 3.22. The van der Waals surface area contributed by atoms with Crippen LogP contribution in [0.4, 0.5) is 0 Å². The average molecular weight is 391 g/mol. The summed E-state index contributed by atoms with van der Waals surface area (Å²) in [5, 5.41) is 3.46. The molecule has 0 saturated heterocycles. The van der Waals surface area contributed by atoms with E-state index in [1.165, 1.54) is 19.3 Å². The molecule has 70 valence electrons. The van der Waals surface area contributed by atoms with Gasteiger partial charge in [0.15, 0.2) is 0 Å². The maximum atomic E-state index is 3.46. The van der Waals surface area contributed by atoms with Crippen LogP contribution in [0.15, 0.2) is 0 Å². The van der Waals surface area contributed by atoms with E-state index < -0.39 is 0 Å². The van der Waals surface area contributed by atoms with E-state index in [-0.39, 0.29) is 0 Å². The van der Waals surface area contributed by atoms with E-state index in [0.29, 0.717) is 0 Å². The number of halogens is 2. The average Bonchev–Trinajstić information content (AvgIpc) is 2.01. The van der Waals surface area contributed by atoms with Crippen LogP contribution in [0.5, 0.6) is 0 Å². The van der Waals surface area contributed by atoms with Crippen LogP contribution in [0.2, 0.25) is 0 Å². The van der Waals surface area contributed by atoms with Crippen molar-refractivity contribution < 1.29 is 0 Å². The van der Waals surface area contributed by atoms with E-state index in [4.69, 9.17) is 0 Å². The van der Waals surface area contributed by atoms with E-state index in [9.17, 15) is 0 Å². The summed E-state index contributed by atoms with van der Waals surface area (Å²) in [6.07, 6.45) is 4.40. The Morgan fingerprint density at radius 3 is 2.17 bits per heavy atom. The maximum Gasteiger partial charge on any atom is 0.0269 e. The van der Waals surface area contributed by atoms with Gasteiger partial charge in [0.25, 0.3) is 0 Å². The summed E-state index contributed by atoms with van der Waals surface area (Å²) in [4.78, 5) is 0.